The van der Waals surface area contributed by atoms with E-state index in [0.29, 0.717) is 0 Å². The lowest BCUT2D eigenvalue weighted by Gasteiger charge is -2.08. The Balaban J connectivity index is 3.20. The number of carbonyl (C=O) groups is 1. The summed E-state index contributed by atoms with van der Waals surface area (Å²) in [5.74, 6) is -1.38. The van der Waals surface area contributed by atoms with E-state index >= 15 is 0 Å². The second-order valence-electron chi connectivity index (χ2n) is 2.38. The molecule has 0 saturated carbocycles. The summed E-state index contributed by atoms with van der Waals surface area (Å²) in [6, 6.07) is 2.03. The van der Waals surface area contributed by atoms with E-state index in [1.54, 1.807) is 0 Å². The Morgan fingerprint density at radius 3 is 2.73 bits per heavy atom. The van der Waals surface area contributed by atoms with E-state index in [1.165, 1.54) is 0 Å². The minimum atomic E-state index is -4.76. The Morgan fingerprint density at radius 1 is 1.53 bits per heavy atom. The smallest absolute Gasteiger partial charge is 0.347 e. The highest BCUT2D eigenvalue weighted by Gasteiger charge is 2.37. The second kappa shape index (κ2) is 3.96. The first-order chi connectivity index (χ1) is 6.96. The van der Waals surface area contributed by atoms with Crippen molar-refractivity contribution in [1.82, 2.24) is 4.98 Å². The quantitative estimate of drug-likeness (QED) is 0.529. The SMILES string of the molecule is N#COC(=O)c1cccnc1C(F)(F)F. The standard InChI is InChI=1S/C8H3F3N2O2/c9-8(10,11)6-5(2-1-3-13-6)7(14)15-4-12/h1-3H. The minimum absolute atomic E-state index is 0.786. The lowest BCUT2D eigenvalue weighted by molar-refractivity contribution is -0.141. The van der Waals surface area contributed by atoms with Crippen LogP contribution in [0.4, 0.5) is 13.2 Å². The zero-order valence-corrected chi connectivity index (χ0v) is 7.08. The lowest BCUT2D eigenvalue weighted by atomic mass is 10.2. The maximum absolute atomic E-state index is 12.3. The summed E-state index contributed by atoms with van der Waals surface area (Å²) in [6.45, 7) is 0. The molecule has 7 heteroatoms. The Labute approximate surface area is 81.9 Å². The summed E-state index contributed by atoms with van der Waals surface area (Å²) < 4.78 is 40.7. The van der Waals surface area contributed by atoms with Gasteiger partial charge in [-0.25, -0.2) is 4.79 Å². The highest BCUT2D eigenvalue weighted by molar-refractivity contribution is 5.91. The number of carbonyl (C=O) groups excluding carboxylic acids is 1. The van der Waals surface area contributed by atoms with Crippen LogP contribution in [0.15, 0.2) is 18.3 Å². The van der Waals surface area contributed by atoms with Gasteiger partial charge in [0, 0.05) is 6.20 Å². The summed E-state index contributed by atoms with van der Waals surface area (Å²) in [6.07, 6.45) is -2.86. The van der Waals surface area contributed by atoms with Crippen LogP contribution in [0, 0.1) is 11.5 Å². The summed E-state index contributed by atoms with van der Waals surface area (Å²) in [4.78, 5) is 13.9. The van der Waals surface area contributed by atoms with Crippen molar-refractivity contribution in [2.45, 2.75) is 6.18 Å². The molecule has 0 N–H and O–H groups in total. The molecule has 0 amide bonds. The number of ether oxygens (including phenoxy) is 1. The fourth-order valence-corrected chi connectivity index (χ4v) is 0.892. The molecule has 0 atom stereocenters. The van der Waals surface area contributed by atoms with Crippen molar-refractivity contribution in [3.05, 3.63) is 29.6 Å². The molecule has 0 spiro atoms. The van der Waals surface area contributed by atoms with Gasteiger partial charge in [0.05, 0.1) is 5.56 Å². The lowest BCUT2D eigenvalue weighted by Crippen LogP contribution is -2.15. The highest BCUT2D eigenvalue weighted by Crippen LogP contribution is 2.30. The molecule has 1 aromatic rings. The molecule has 78 valence electrons. The molecule has 1 rings (SSSR count). The van der Waals surface area contributed by atoms with Crippen LogP contribution in [-0.2, 0) is 10.9 Å². The number of nitrogens with zero attached hydrogens (tertiary/aromatic N) is 2. The van der Waals surface area contributed by atoms with Gasteiger partial charge in [0.2, 0.25) is 0 Å². The van der Waals surface area contributed by atoms with Crippen molar-refractivity contribution in [3.8, 4) is 6.26 Å². The van der Waals surface area contributed by atoms with Crippen LogP contribution in [0.3, 0.4) is 0 Å². The summed E-state index contributed by atoms with van der Waals surface area (Å²) in [5.41, 5.74) is -2.16. The Kier molecular flexibility index (Phi) is 2.90. The topological polar surface area (TPSA) is 63.0 Å². The van der Waals surface area contributed by atoms with Crippen molar-refractivity contribution in [1.29, 1.82) is 5.26 Å². The number of hydrogen-bond acceptors (Lipinski definition) is 4. The average molecular weight is 216 g/mol. The van der Waals surface area contributed by atoms with E-state index in [1.807, 2.05) is 0 Å². The molecule has 15 heavy (non-hydrogen) atoms. The molecular formula is C8H3F3N2O2. The first-order valence-electron chi connectivity index (χ1n) is 3.59. The fourth-order valence-electron chi connectivity index (χ4n) is 0.892. The van der Waals surface area contributed by atoms with Gasteiger partial charge in [0.15, 0.2) is 5.69 Å². The van der Waals surface area contributed by atoms with Gasteiger partial charge in [-0.05, 0) is 12.1 Å². The predicted molar refractivity (Wildman–Crippen MR) is 40.3 cm³/mol. The normalized spacial score (nSPS) is 10.5. The molecule has 0 bridgehead atoms. The van der Waals surface area contributed by atoms with Crippen LogP contribution in [0.2, 0.25) is 0 Å². The maximum atomic E-state index is 12.3. The maximum Gasteiger partial charge on any atom is 0.434 e. The number of rotatable bonds is 1. The van der Waals surface area contributed by atoms with Crippen molar-refractivity contribution >= 4 is 5.97 Å². The van der Waals surface area contributed by atoms with Crippen LogP contribution in [-0.4, -0.2) is 11.0 Å². The Morgan fingerprint density at radius 2 is 2.20 bits per heavy atom. The summed E-state index contributed by atoms with van der Waals surface area (Å²) >= 11 is 0. The van der Waals surface area contributed by atoms with E-state index in [-0.39, 0.29) is 0 Å². The van der Waals surface area contributed by atoms with E-state index < -0.39 is 23.4 Å². The second-order valence-corrected chi connectivity index (χ2v) is 2.38. The van der Waals surface area contributed by atoms with Gasteiger partial charge in [0.25, 0.3) is 6.26 Å². The monoisotopic (exact) mass is 216 g/mol. The summed E-state index contributed by atoms with van der Waals surface area (Å²) in [5, 5.41) is 8.00. The van der Waals surface area contributed by atoms with Gasteiger partial charge in [0.1, 0.15) is 0 Å². The Bertz CT molecular complexity index is 423. The fraction of sp³-hybridized carbons (Fsp3) is 0.125. The number of pyridine rings is 1. The molecule has 0 saturated heterocycles. The third-order valence-corrected chi connectivity index (χ3v) is 1.43. The molecule has 0 aliphatic heterocycles. The van der Waals surface area contributed by atoms with E-state index in [0.717, 1.165) is 24.6 Å². The summed E-state index contributed by atoms with van der Waals surface area (Å²) in [7, 11) is 0. The van der Waals surface area contributed by atoms with Gasteiger partial charge in [-0.15, -0.1) is 5.26 Å². The molecule has 0 aliphatic rings. The van der Waals surface area contributed by atoms with Crippen molar-refractivity contribution in [3.63, 3.8) is 0 Å². The molecule has 0 unspecified atom stereocenters. The van der Waals surface area contributed by atoms with Crippen molar-refractivity contribution in [2.24, 2.45) is 0 Å². The van der Waals surface area contributed by atoms with Crippen LogP contribution < -0.4 is 0 Å². The molecular weight excluding hydrogens is 213 g/mol. The zero-order valence-electron chi connectivity index (χ0n) is 7.08. The predicted octanol–water partition coefficient (Wildman–Crippen LogP) is 1.74. The van der Waals surface area contributed by atoms with Gasteiger partial charge in [-0.3, -0.25) is 4.98 Å². The van der Waals surface area contributed by atoms with E-state index in [9.17, 15) is 18.0 Å². The van der Waals surface area contributed by atoms with Gasteiger partial charge in [-0.1, -0.05) is 0 Å². The molecule has 0 fully saturated rings. The number of alkyl halides is 3. The third-order valence-electron chi connectivity index (χ3n) is 1.43. The number of halogens is 3. The molecule has 4 nitrogen and oxygen atoms in total. The van der Waals surface area contributed by atoms with Crippen molar-refractivity contribution < 1.29 is 22.7 Å². The minimum Gasteiger partial charge on any atom is -0.347 e. The highest BCUT2D eigenvalue weighted by atomic mass is 19.4. The van der Waals surface area contributed by atoms with Crippen LogP contribution in [0.5, 0.6) is 0 Å². The number of nitriles is 1. The molecule has 0 aliphatic carbocycles. The molecule has 0 radical (unpaired) electrons. The number of aromatic nitrogens is 1. The average Bonchev–Trinajstić information content (AvgIpc) is 2.17. The molecule has 1 aromatic heterocycles. The third kappa shape index (κ3) is 2.43. The first kappa shape index (κ1) is 11.0. The van der Waals surface area contributed by atoms with Gasteiger partial charge < -0.3 is 4.74 Å². The van der Waals surface area contributed by atoms with Crippen LogP contribution in [0.25, 0.3) is 0 Å². The molecule has 0 aromatic carbocycles. The van der Waals surface area contributed by atoms with Crippen molar-refractivity contribution in [2.75, 3.05) is 0 Å². The van der Waals surface area contributed by atoms with E-state index in [4.69, 9.17) is 5.26 Å². The van der Waals surface area contributed by atoms with Crippen LogP contribution in [0.1, 0.15) is 16.1 Å². The van der Waals surface area contributed by atoms with Gasteiger partial charge in [-0.2, -0.15) is 13.2 Å². The largest absolute Gasteiger partial charge is 0.434 e. The van der Waals surface area contributed by atoms with E-state index in [2.05, 4.69) is 9.72 Å². The number of esters is 1. The Hall–Kier alpha value is -2.10. The zero-order chi connectivity index (χ0) is 11.5. The van der Waals surface area contributed by atoms with Crippen LogP contribution >= 0.6 is 0 Å². The first-order valence-corrected chi connectivity index (χ1v) is 3.59. The van der Waals surface area contributed by atoms with Gasteiger partial charge >= 0.3 is 12.1 Å². The number of hydrogen-bond donors (Lipinski definition) is 0. The molecule has 1 heterocycles.